The Morgan fingerprint density at radius 1 is 1.13 bits per heavy atom. The van der Waals surface area contributed by atoms with Crippen LogP contribution in [0.4, 0.5) is 4.79 Å². The average molecular weight is 436 g/mol. The van der Waals surface area contributed by atoms with Crippen molar-refractivity contribution in [3.8, 4) is 0 Å². The minimum absolute atomic E-state index is 0.222. The molecule has 166 valence electrons. The maximum Gasteiger partial charge on any atom is 0.410 e. The summed E-state index contributed by atoms with van der Waals surface area (Å²) in [6.45, 7) is 9.02. The Morgan fingerprint density at radius 3 is 2.27 bits per heavy atom. The molecule has 3 heterocycles. The number of likely N-dealkylation sites (tertiary alicyclic amines) is 2. The maximum atomic E-state index is 12.3. The van der Waals surface area contributed by atoms with Crippen LogP contribution in [0.25, 0.3) is 0 Å². The summed E-state index contributed by atoms with van der Waals surface area (Å²) in [6, 6.07) is 4.23. The van der Waals surface area contributed by atoms with Crippen molar-refractivity contribution in [1.29, 1.82) is 0 Å². The van der Waals surface area contributed by atoms with Crippen molar-refractivity contribution in [2.75, 3.05) is 33.3 Å². The number of hydrogen-bond acceptors (Lipinski definition) is 6. The molecule has 3 atom stereocenters. The van der Waals surface area contributed by atoms with E-state index in [1.54, 1.807) is 12.0 Å². The zero-order valence-electron chi connectivity index (χ0n) is 18.3. The fourth-order valence-corrected chi connectivity index (χ4v) is 6.63. The van der Waals surface area contributed by atoms with Gasteiger partial charge in [0.15, 0.2) is 0 Å². The van der Waals surface area contributed by atoms with Crippen LogP contribution in [0.1, 0.15) is 54.6 Å². The molecule has 1 aromatic heterocycles. The molecule has 2 amide bonds. The zero-order valence-corrected chi connectivity index (χ0v) is 19.2. The van der Waals surface area contributed by atoms with Gasteiger partial charge in [0.05, 0.1) is 4.88 Å². The third-order valence-corrected chi connectivity index (χ3v) is 8.06. The van der Waals surface area contributed by atoms with Crippen LogP contribution in [0.3, 0.4) is 0 Å². The molecule has 1 aliphatic carbocycles. The largest absolute Gasteiger partial charge is 0.444 e. The number of amides is 2. The number of ether oxygens (including phenoxy) is 2. The van der Waals surface area contributed by atoms with E-state index in [2.05, 4.69) is 4.90 Å². The van der Waals surface area contributed by atoms with E-state index in [0.717, 1.165) is 43.9 Å². The quantitative estimate of drug-likeness (QED) is 0.786. The number of hydrogen-bond donors (Lipinski definition) is 1. The molecule has 4 rings (SSSR count). The smallest absolute Gasteiger partial charge is 0.410 e. The Bertz CT molecular complexity index is 798. The molecule has 0 radical (unpaired) electrons. The lowest BCUT2D eigenvalue weighted by atomic mass is 9.64. The number of nitrogens with zero attached hydrogens (tertiary/aromatic N) is 2. The van der Waals surface area contributed by atoms with Gasteiger partial charge in [-0.05, 0) is 45.7 Å². The summed E-state index contributed by atoms with van der Waals surface area (Å²) in [6.07, 6.45) is 3.19. The van der Waals surface area contributed by atoms with Crippen LogP contribution in [0.2, 0.25) is 0 Å². The first-order valence-electron chi connectivity index (χ1n) is 10.8. The van der Waals surface area contributed by atoms with Gasteiger partial charge in [0, 0.05) is 56.0 Å². The minimum Gasteiger partial charge on any atom is -0.444 e. The van der Waals surface area contributed by atoms with Crippen molar-refractivity contribution < 1.29 is 19.1 Å². The molecule has 0 spiro atoms. The Morgan fingerprint density at radius 2 is 1.77 bits per heavy atom. The molecule has 2 aliphatic heterocycles. The fourth-order valence-electron chi connectivity index (χ4n) is 5.44. The third-order valence-electron chi connectivity index (χ3n) is 6.83. The first-order valence-corrected chi connectivity index (χ1v) is 11.6. The first-order chi connectivity index (χ1) is 14.1. The molecule has 7 nitrogen and oxygen atoms in total. The lowest BCUT2D eigenvalue weighted by Gasteiger charge is -2.58. The number of fused-ring (bicyclic) bond motifs is 2. The standard InChI is InChI=1S/C22H33N3O4S/c1-21(2,3)29-20(27)25-12-16(13-25)24-10-14-6-5-7-15(11-24)22(14,28-4)18-9-8-17(30-18)19(23)26/h8-9,14-16H,5-7,10-13H2,1-4H3,(H2,23,26)/t14-,15+,22?. The molecule has 30 heavy (non-hydrogen) atoms. The van der Waals surface area contributed by atoms with E-state index in [-0.39, 0.29) is 17.6 Å². The second kappa shape index (κ2) is 7.80. The van der Waals surface area contributed by atoms with Crippen molar-refractivity contribution in [1.82, 2.24) is 9.80 Å². The summed E-state index contributed by atoms with van der Waals surface area (Å²) in [4.78, 5) is 30.0. The van der Waals surface area contributed by atoms with E-state index < -0.39 is 5.60 Å². The van der Waals surface area contributed by atoms with Crippen LogP contribution < -0.4 is 5.73 Å². The summed E-state index contributed by atoms with van der Waals surface area (Å²) in [5, 5.41) is 0. The number of thiophene rings is 1. The molecule has 1 unspecified atom stereocenters. The van der Waals surface area contributed by atoms with Crippen molar-refractivity contribution >= 4 is 23.3 Å². The maximum absolute atomic E-state index is 12.3. The van der Waals surface area contributed by atoms with Crippen molar-refractivity contribution in [3.63, 3.8) is 0 Å². The van der Waals surface area contributed by atoms with Crippen LogP contribution in [0, 0.1) is 11.8 Å². The average Bonchev–Trinajstić information content (AvgIpc) is 3.08. The molecule has 2 N–H and O–H groups in total. The number of rotatable bonds is 4. The topological polar surface area (TPSA) is 85.1 Å². The van der Waals surface area contributed by atoms with Crippen LogP contribution >= 0.6 is 11.3 Å². The summed E-state index contributed by atoms with van der Waals surface area (Å²) >= 11 is 1.48. The molecule has 0 aromatic carbocycles. The lowest BCUT2D eigenvalue weighted by Crippen LogP contribution is -2.67. The molecule has 2 bridgehead atoms. The predicted molar refractivity (Wildman–Crippen MR) is 116 cm³/mol. The predicted octanol–water partition coefficient (Wildman–Crippen LogP) is 3.04. The van der Waals surface area contributed by atoms with E-state index in [9.17, 15) is 9.59 Å². The molecular weight excluding hydrogens is 402 g/mol. The highest BCUT2D eigenvalue weighted by molar-refractivity contribution is 7.14. The summed E-state index contributed by atoms with van der Waals surface area (Å²) in [5.74, 6) is 0.353. The number of methoxy groups -OCH3 is 1. The Labute approximate surface area is 182 Å². The normalized spacial score (nSPS) is 30.1. The number of primary amides is 1. The highest BCUT2D eigenvalue weighted by atomic mass is 32.1. The molecule has 2 saturated heterocycles. The van der Waals surface area contributed by atoms with Gasteiger partial charge in [-0.1, -0.05) is 6.42 Å². The summed E-state index contributed by atoms with van der Waals surface area (Å²) in [5.41, 5.74) is 4.69. The van der Waals surface area contributed by atoms with Gasteiger partial charge in [-0.25, -0.2) is 4.79 Å². The van der Waals surface area contributed by atoms with Gasteiger partial charge in [-0.2, -0.15) is 0 Å². The monoisotopic (exact) mass is 435 g/mol. The van der Waals surface area contributed by atoms with Gasteiger partial charge in [-0.3, -0.25) is 9.69 Å². The Hall–Kier alpha value is -1.64. The minimum atomic E-state index is -0.465. The number of piperidine rings is 1. The van der Waals surface area contributed by atoms with E-state index in [0.29, 0.717) is 22.8 Å². The second-order valence-corrected chi connectivity index (χ2v) is 10.9. The van der Waals surface area contributed by atoms with E-state index in [1.165, 1.54) is 17.8 Å². The molecular formula is C22H33N3O4S. The SMILES string of the molecule is COC1(c2ccc(C(N)=O)s2)[C@@H]2CCC[C@H]1CN(C1CN(C(=O)OC(C)(C)C)C1)C2. The molecule has 1 saturated carbocycles. The van der Waals surface area contributed by atoms with Gasteiger partial charge in [0.25, 0.3) is 5.91 Å². The molecule has 3 aliphatic rings. The van der Waals surface area contributed by atoms with Gasteiger partial charge in [0.1, 0.15) is 11.2 Å². The van der Waals surface area contributed by atoms with Crippen LogP contribution in [0.5, 0.6) is 0 Å². The van der Waals surface area contributed by atoms with Crippen molar-refractivity contribution in [3.05, 3.63) is 21.9 Å². The van der Waals surface area contributed by atoms with Crippen LogP contribution in [-0.4, -0.2) is 66.7 Å². The van der Waals surface area contributed by atoms with Crippen LogP contribution in [-0.2, 0) is 15.1 Å². The third kappa shape index (κ3) is 3.74. The van der Waals surface area contributed by atoms with Gasteiger partial charge >= 0.3 is 6.09 Å². The van der Waals surface area contributed by atoms with E-state index >= 15 is 0 Å². The molecule has 3 fully saturated rings. The van der Waals surface area contributed by atoms with E-state index in [1.807, 2.05) is 32.9 Å². The van der Waals surface area contributed by atoms with Gasteiger partial charge in [-0.15, -0.1) is 11.3 Å². The first kappa shape index (κ1) is 21.6. The number of nitrogens with two attached hydrogens (primary N) is 1. The fraction of sp³-hybridized carbons (Fsp3) is 0.727. The van der Waals surface area contributed by atoms with Gasteiger partial charge < -0.3 is 20.1 Å². The Kier molecular flexibility index (Phi) is 5.61. The van der Waals surface area contributed by atoms with Crippen LogP contribution in [0.15, 0.2) is 12.1 Å². The second-order valence-electron chi connectivity index (χ2n) is 9.84. The Balaban J connectivity index is 1.46. The number of carbonyl (C=O) groups excluding carboxylic acids is 2. The highest BCUT2D eigenvalue weighted by Crippen LogP contribution is 2.53. The highest BCUT2D eigenvalue weighted by Gasteiger charge is 2.55. The van der Waals surface area contributed by atoms with Crippen molar-refractivity contribution in [2.24, 2.45) is 17.6 Å². The molecule has 8 heteroatoms. The zero-order chi connectivity index (χ0) is 21.7. The van der Waals surface area contributed by atoms with Crippen molar-refractivity contribution in [2.45, 2.75) is 57.3 Å². The molecule has 1 aromatic rings. The lowest BCUT2D eigenvalue weighted by molar-refractivity contribution is -0.178. The summed E-state index contributed by atoms with van der Waals surface area (Å²) in [7, 11) is 1.80. The number of carbonyl (C=O) groups is 2. The van der Waals surface area contributed by atoms with Gasteiger partial charge in [0.2, 0.25) is 0 Å². The van der Waals surface area contributed by atoms with E-state index in [4.69, 9.17) is 15.2 Å². The summed E-state index contributed by atoms with van der Waals surface area (Å²) < 4.78 is 11.8.